The summed E-state index contributed by atoms with van der Waals surface area (Å²) >= 11 is 7.53. The second kappa shape index (κ2) is 9.76. The fourth-order valence-corrected chi connectivity index (χ4v) is 5.71. The van der Waals surface area contributed by atoms with E-state index in [9.17, 15) is 17.2 Å². The summed E-state index contributed by atoms with van der Waals surface area (Å²) in [7, 11) is -4.05. The van der Waals surface area contributed by atoms with Crippen molar-refractivity contribution in [1.29, 1.82) is 0 Å². The van der Waals surface area contributed by atoms with Gasteiger partial charge in [0.15, 0.2) is 15.6 Å². The van der Waals surface area contributed by atoms with Crippen molar-refractivity contribution < 1.29 is 26.4 Å². The molecule has 36 heavy (non-hydrogen) atoms. The quantitative estimate of drug-likeness (QED) is 0.214. The minimum atomic E-state index is -4.05. The number of rotatable bonds is 7. The second-order valence-corrected chi connectivity index (χ2v) is 10.6. The Kier molecular flexibility index (Phi) is 6.52. The van der Waals surface area contributed by atoms with Gasteiger partial charge in [0, 0.05) is 28.8 Å². The van der Waals surface area contributed by atoms with Gasteiger partial charge in [-0.1, -0.05) is 11.6 Å². The molecule has 0 aliphatic heterocycles. The Balaban J connectivity index is 1.52. The van der Waals surface area contributed by atoms with Gasteiger partial charge in [-0.05, 0) is 30.3 Å². The average molecular weight is 546 g/mol. The highest BCUT2D eigenvalue weighted by Crippen LogP contribution is 2.39. The van der Waals surface area contributed by atoms with Crippen molar-refractivity contribution in [2.24, 2.45) is 0 Å². The van der Waals surface area contributed by atoms with E-state index in [0.717, 1.165) is 12.1 Å². The van der Waals surface area contributed by atoms with Gasteiger partial charge >= 0.3 is 0 Å². The van der Waals surface area contributed by atoms with Crippen LogP contribution in [-0.2, 0) is 15.6 Å². The van der Waals surface area contributed by atoms with Crippen LogP contribution in [0.25, 0.3) is 22.4 Å². The number of furan rings is 1. The third-order valence-electron chi connectivity index (χ3n) is 5.10. The van der Waals surface area contributed by atoms with Gasteiger partial charge in [-0.2, -0.15) is 4.39 Å². The Labute approximate surface area is 212 Å². The Bertz CT molecular complexity index is 1640. The lowest BCUT2D eigenvalue weighted by molar-refractivity contribution is 0.473. The number of aromatic nitrogens is 3. The van der Waals surface area contributed by atoms with Crippen LogP contribution in [0.2, 0.25) is 5.02 Å². The second-order valence-electron chi connectivity index (χ2n) is 7.47. The molecule has 0 spiro atoms. The van der Waals surface area contributed by atoms with E-state index in [1.807, 2.05) is 0 Å². The molecule has 0 saturated carbocycles. The number of nitrogens with zero attached hydrogens (tertiary/aromatic N) is 3. The Morgan fingerprint density at radius 1 is 1.06 bits per heavy atom. The number of ether oxygens (including phenoxy) is 1. The summed E-state index contributed by atoms with van der Waals surface area (Å²) in [6.07, 6.45) is 5.54. The van der Waals surface area contributed by atoms with E-state index in [2.05, 4.69) is 15.0 Å². The predicted molar refractivity (Wildman–Crippen MR) is 130 cm³/mol. The molecule has 7 nitrogen and oxygen atoms in total. The van der Waals surface area contributed by atoms with E-state index in [4.69, 9.17) is 20.8 Å². The van der Waals surface area contributed by atoms with Gasteiger partial charge in [0.1, 0.15) is 16.5 Å². The molecule has 0 aliphatic rings. The van der Waals surface area contributed by atoms with Gasteiger partial charge < -0.3 is 9.15 Å². The van der Waals surface area contributed by atoms with Gasteiger partial charge in [-0.25, -0.2) is 22.8 Å². The number of hydrogen-bond donors (Lipinski definition) is 0. The summed E-state index contributed by atoms with van der Waals surface area (Å²) in [4.78, 5) is 11.3. The molecule has 182 valence electrons. The maximum atomic E-state index is 14.9. The van der Waals surface area contributed by atoms with Crippen molar-refractivity contribution in [3.05, 3.63) is 94.7 Å². The normalized spacial score (nSPS) is 11.5. The molecule has 12 heteroatoms. The molecule has 4 aromatic heterocycles. The number of benzene rings is 1. The van der Waals surface area contributed by atoms with Crippen molar-refractivity contribution in [1.82, 2.24) is 15.0 Å². The van der Waals surface area contributed by atoms with Crippen molar-refractivity contribution >= 4 is 32.8 Å². The van der Waals surface area contributed by atoms with Crippen molar-refractivity contribution in [3.63, 3.8) is 0 Å². The molecule has 0 aliphatic carbocycles. The van der Waals surface area contributed by atoms with Gasteiger partial charge in [0.05, 0.1) is 52.0 Å². The SMILES string of the molecule is O=S(=O)(Cc1cscn1)c1cc(Cl)c(Oc2cnc(-c3cccnc3F)cc2-c2ccoc2)cc1F. The van der Waals surface area contributed by atoms with Crippen LogP contribution >= 0.6 is 22.9 Å². The fraction of sp³-hybridized carbons (Fsp3) is 0.0417. The van der Waals surface area contributed by atoms with Crippen molar-refractivity contribution in [3.8, 4) is 33.9 Å². The zero-order chi connectivity index (χ0) is 25.3. The molecule has 0 fully saturated rings. The smallest absolute Gasteiger partial charge is 0.222 e. The van der Waals surface area contributed by atoms with Gasteiger partial charge in [-0.15, -0.1) is 11.3 Å². The number of hydrogen-bond acceptors (Lipinski definition) is 8. The van der Waals surface area contributed by atoms with Gasteiger partial charge in [0.2, 0.25) is 5.95 Å². The lowest BCUT2D eigenvalue weighted by atomic mass is 10.1. The van der Waals surface area contributed by atoms with E-state index in [-0.39, 0.29) is 27.8 Å². The largest absolute Gasteiger partial charge is 0.472 e. The summed E-state index contributed by atoms with van der Waals surface area (Å²) in [6, 6.07) is 8.22. The van der Waals surface area contributed by atoms with Crippen molar-refractivity contribution in [2.45, 2.75) is 10.6 Å². The molecule has 5 rings (SSSR count). The minimum absolute atomic E-state index is 0.131. The minimum Gasteiger partial charge on any atom is -0.472 e. The third-order valence-corrected chi connectivity index (χ3v) is 7.69. The number of pyridine rings is 2. The lowest BCUT2D eigenvalue weighted by Crippen LogP contribution is -2.08. The first-order chi connectivity index (χ1) is 17.3. The summed E-state index contributed by atoms with van der Waals surface area (Å²) in [6.45, 7) is 0. The molecule has 1 aromatic carbocycles. The van der Waals surface area contributed by atoms with E-state index in [0.29, 0.717) is 16.8 Å². The molecule has 0 unspecified atom stereocenters. The summed E-state index contributed by atoms with van der Waals surface area (Å²) < 4.78 is 65.6. The van der Waals surface area contributed by atoms with E-state index in [1.165, 1.54) is 47.8 Å². The number of thiazole rings is 1. The molecule has 0 radical (unpaired) electrons. The maximum absolute atomic E-state index is 14.9. The third kappa shape index (κ3) is 4.85. The monoisotopic (exact) mass is 545 g/mol. The highest BCUT2D eigenvalue weighted by molar-refractivity contribution is 7.90. The van der Waals surface area contributed by atoms with Crippen molar-refractivity contribution in [2.75, 3.05) is 0 Å². The molecule has 0 saturated heterocycles. The zero-order valence-corrected chi connectivity index (χ0v) is 20.4. The zero-order valence-electron chi connectivity index (χ0n) is 18.1. The Hall–Kier alpha value is -3.67. The van der Waals surface area contributed by atoms with Crippen LogP contribution in [0.5, 0.6) is 11.5 Å². The van der Waals surface area contributed by atoms with E-state index >= 15 is 0 Å². The summed E-state index contributed by atoms with van der Waals surface area (Å²) in [5.74, 6) is -2.17. The summed E-state index contributed by atoms with van der Waals surface area (Å²) in [5, 5.41) is 1.44. The lowest BCUT2D eigenvalue weighted by Gasteiger charge is -2.14. The summed E-state index contributed by atoms with van der Waals surface area (Å²) in [5.41, 5.74) is 3.28. The van der Waals surface area contributed by atoms with Gasteiger partial charge in [-0.3, -0.25) is 4.98 Å². The van der Waals surface area contributed by atoms with Crippen LogP contribution in [-0.4, -0.2) is 23.4 Å². The highest BCUT2D eigenvalue weighted by Gasteiger charge is 2.24. The standard InChI is InChI=1S/C24H14ClF2N3O4S2/c25-18-7-23(36(31,32)12-15-11-35-13-30-15)19(26)8-21(18)34-22-9-29-20(16-2-1-4-28-24(16)27)6-17(22)14-3-5-33-10-14/h1-11,13H,12H2. The molecule has 0 amide bonds. The molecule has 4 heterocycles. The molecular weight excluding hydrogens is 532 g/mol. The first-order valence-electron chi connectivity index (χ1n) is 10.2. The van der Waals surface area contributed by atoms with Crippen LogP contribution < -0.4 is 4.74 Å². The maximum Gasteiger partial charge on any atom is 0.222 e. The molecule has 0 N–H and O–H groups in total. The molecule has 0 atom stereocenters. The predicted octanol–water partition coefficient (Wildman–Crippen LogP) is 6.56. The first kappa shape index (κ1) is 24.0. The fourth-order valence-electron chi connectivity index (χ4n) is 3.42. The topological polar surface area (TPSA) is 95.2 Å². The molecule has 5 aromatic rings. The molecular formula is C24H14ClF2N3O4S2. The Morgan fingerprint density at radius 2 is 1.92 bits per heavy atom. The van der Waals surface area contributed by atoms with Crippen LogP contribution in [0.1, 0.15) is 5.69 Å². The number of halogens is 3. The Morgan fingerprint density at radius 3 is 2.64 bits per heavy atom. The van der Waals surface area contributed by atoms with E-state index in [1.54, 1.807) is 23.6 Å². The van der Waals surface area contributed by atoms with E-state index < -0.39 is 32.3 Å². The number of sulfone groups is 1. The van der Waals surface area contributed by atoms with Crippen LogP contribution in [0.4, 0.5) is 8.78 Å². The van der Waals surface area contributed by atoms with Crippen LogP contribution in [0, 0.1) is 11.8 Å². The molecule has 0 bridgehead atoms. The average Bonchev–Trinajstić information content (AvgIpc) is 3.56. The highest BCUT2D eigenvalue weighted by atomic mass is 35.5. The van der Waals surface area contributed by atoms with Crippen LogP contribution in [0.15, 0.2) is 81.5 Å². The van der Waals surface area contributed by atoms with Gasteiger partial charge in [0.25, 0.3) is 0 Å². The van der Waals surface area contributed by atoms with Crippen LogP contribution in [0.3, 0.4) is 0 Å². The first-order valence-corrected chi connectivity index (χ1v) is 13.2.